The Morgan fingerprint density at radius 3 is 2.51 bits per heavy atom. The lowest BCUT2D eigenvalue weighted by Crippen LogP contribution is -2.34. The topological polar surface area (TPSA) is 79.7 Å². The van der Waals surface area contributed by atoms with E-state index in [-0.39, 0.29) is 11.5 Å². The molecule has 2 aromatic heterocycles. The van der Waals surface area contributed by atoms with E-state index in [1.54, 1.807) is 28.8 Å². The van der Waals surface area contributed by atoms with Crippen LogP contribution in [0.1, 0.15) is 23.0 Å². The smallest absolute Gasteiger partial charge is 0.206 e. The molecule has 1 atom stereocenters. The number of imidazole rings is 1. The first-order valence-electron chi connectivity index (χ1n) is 11.1. The minimum Gasteiger partial charge on any atom is -0.372 e. The number of aliphatic hydroxyl groups is 1. The minimum absolute atomic E-state index is 0.0808. The fraction of sp³-hybridized carbons (Fsp3) is 0.154. The second-order valence-corrected chi connectivity index (χ2v) is 8.67. The van der Waals surface area contributed by atoms with E-state index in [1.807, 2.05) is 23.1 Å². The SMILES string of the molecule is Nc1nc2c(F)cccc2c2nc(C(O)N3CCc4cc(-c5ccc(F)c(F)c5)ccc4C3)cn12. The van der Waals surface area contributed by atoms with Gasteiger partial charge in [-0.3, -0.25) is 9.30 Å². The van der Waals surface area contributed by atoms with Crippen molar-refractivity contribution in [3.05, 3.63) is 95.1 Å². The van der Waals surface area contributed by atoms with E-state index in [2.05, 4.69) is 9.97 Å². The van der Waals surface area contributed by atoms with Gasteiger partial charge in [-0.2, -0.15) is 0 Å². The third kappa shape index (κ3) is 3.60. The lowest BCUT2D eigenvalue weighted by Gasteiger charge is -2.32. The Balaban J connectivity index is 1.29. The van der Waals surface area contributed by atoms with Gasteiger partial charge >= 0.3 is 0 Å². The first-order chi connectivity index (χ1) is 16.9. The molecule has 0 spiro atoms. The molecule has 3 aromatic carbocycles. The summed E-state index contributed by atoms with van der Waals surface area (Å²) in [5.41, 5.74) is 10.5. The molecule has 3 heterocycles. The molecule has 0 amide bonds. The fourth-order valence-corrected chi connectivity index (χ4v) is 4.69. The molecule has 1 aliphatic rings. The van der Waals surface area contributed by atoms with Crippen LogP contribution < -0.4 is 5.73 Å². The molecular weight excluding hydrogens is 455 g/mol. The maximum absolute atomic E-state index is 14.2. The zero-order valence-corrected chi connectivity index (χ0v) is 18.4. The quantitative estimate of drug-likeness (QED) is 0.399. The summed E-state index contributed by atoms with van der Waals surface area (Å²) < 4.78 is 42.7. The van der Waals surface area contributed by atoms with Crippen LogP contribution in [0, 0.1) is 17.5 Å². The van der Waals surface area contributed by atoms with Crippen LogP contribution in [0.2, 0.25) is 0 Å². The average Bonchev–Trinajstić information content (AvgIpc) is 3.32. The molecule has 176 valence electrons. The van der Waals surface area contributed by atoms with Crippen molar-refractivity contribution < 1.29 is 18.3 Å². The van der Waals surface area contributed by atoms with Gasteiger partial charge in [0.1, 0.15) is 22.7 Å². The average molecular weight is 475 g/mol. The molecule has 0 radical (unpaired) electrons. The third-order valence-electron chi connectivity index (χ3n) is 6.54. The summed E-state index contributed by atoms with van der Waals surface area (Å²) in [6.45, 7) is 1.04. The molecule has 0 saturated carbocycles. The van der Waals surface area contributed by atoms with Gasteiger partial charge in [0.15, 0.2) is 17.9 Å². The van der Waals surface area contributed by atoms with Crippen LogP contribution in [0.4, 0.5) is 19.1 Å². The Kier molecular flexibility index (Phi) is 4.98. The molecule has 0 saturated heterocycles. The molecule has 5 aromatic rings. The van der Waals surface area contributed by atoms with E-state index < -0.39 is 23.7 Å². The minimum atomic E-state index is -1.00. The predicted molar refractivity (Wildman–Crippen MR) is 126 cm³/mol. The molecule has 9 heteroatoms. The Labute approximate surface area is 198 Å². The van der Waals surface area contributed by atoms with E-state index in [1.165, 1.54) is 12.1 Å². The summed E-state index contributed by atoms with van der Waals surface area (Å²) in [5, 5.41) is 11.6. The van der Waals surface area contributed by atoms with Crippen molar-refractivity contribution in [1.29, 1.82) is 0 Å². The number of anilines is 1. The summed E-state index contributed by atoms with van der Waals surface area (Å²) in [4.78, 5) is 10.6. The van der Waals surface area contributed by atoms with Gasteiger partial charge in [-0.15, -0.1) is 0 Å². The molecule has 35 heavy (non-hydrogen) atoms. The number of benzene rings is 3. The highest BCUT2D eigenvalue weighted by molar-refractivity contribution is 5.92. The molecular formula is C26H20F3N5O. The molecule has 0 fully saturated rings. The molecule has 0 bridgehead atoms. The van der Waals surface area contributed by atoms with Gasteiger partial charge in [0.25, 0.3) is 0 Å². The highest BCUT2D eigenvalue weighted by Gasteiger charge is 2.26. The van der Waals surface area contributed by atoms with E-state index in [0.717, 1.165) is 22.8 Å². The monoisotopic (exact) mass is 475 g/mol. The van der Waals surface area contributed by atoms with Crippen LogP contribution in [0.25, 0.3) is 27.7 Å². The van der Waals surface area contributed by atoms with Crippen molar-refractivity contribution in [3.8, 4) is 11.1 Å². The van der Waals surface area contributed by atoms with Crippen molar-refractivity contribution in [2.24, 2.45) is 0 Å². The van der Waals surface area contributed by atoms with Gasteiger partial charge in [0.05, 0.1) is 0 Å². The molecule has 1 unspecified atom stereocenters. The summed E-state index contributed by atoms with van der Waals surface area (Å²) in [6.07, 6.45) is 1.28. The maximum atomic E-state index is 14.2. The summed E-state index contributed by atoms with van der Waals surface area (Å²) >= 11 is 0. The van der Waals surface area contributed by atoms with Gasteiger partial charge < -0.3 is 10.8 Å². The largest absolute Gasteiger partial charge is 0.372 e. The van der Waals surface area contributed by atoms with Gasteiger partial charge in [-0.05, 0) is 52.9 Å². The molecule has 3 N–H and O–H groups in total. The standard InChI is InChI=1S/C26H20F3N5O/c27-19-7-6-15(11-21(19)29)14-4-5-17-12-33(9-8-16(17)10-14)25(35)22-13-34-24(31-22)18-2-1-3-20(28)23(18)32-26(34)30/h1-7,10-11,13,25,35H,8-9,12H2,(H2,30,32). The molecule has 6 rings (SSSR count). The second kappa shape index (κ2) is 8.07. The van der Waals surface area contributed by atoms with E-state index in [9.17, 15) is 18.3 Å². The number of para-hydroxylation sites is 1. The van der Waals surface area contributed by atoms with Crippen LogP contribution >= 0.6 is 0 Å². The lowest BCUT2D eigenvalue weighted by molar-refractivity contribution is -0.0105. The van der Waals surface area contributed by atoms with Crippen LogP contribution in [0.3, 0.4) is 0 Å². The van der Waals surface area contributed by atoms with E-state index in [4.69, 9.17) is 5.73 Å². The number of nitrogens with zero attached hydrogens (tertiary/aromatic N) is 4. The number of fused-ring (bicyclic) bond motifs is 4. The summed E-state index contributed by atoms with van der Waals surface area (Å²) in [5.74, 6) is -2.17. The van der Waals surface area contributed by atoms with Crippen molar-refractivity contribution in [3.63, 3.8) is 0 Å². The van der Waals surface area contributed by atoms with Crippen LogP contribution in [0.5, 0.6) is 0 Å². The summed E-state index contributed by atoms with van der Waals surface area (Å²) in [6, 6.07) is 14.2. The van der Waals surface area contributed by atoms with Crippen molar-refractivity contribution in [2.75, 3.05) is 12.3 Å². The van der Waals surface area contributed by atoms with Crippen LogP contribution in [-0.2, 0) is 13.0 Å². The Bertz CT molecular complexity index is 1620. The summed E-state index contributed by atoms with van der Waals surface area (Å²) in [7, 11) is 0. The van der Waals surface area contributed by atoms with Gasteiger partial charge in [-0.1, -0.05) is 30.3 Å². The molecule has 6 nitrogen and oxygen atoms in total. The Hall–Kier alpha value is -3.95. The number of nitrogen functional groups attached to an aromatic ring is 1. The maximum Gasteiger partial charge on any atom is 0.206 e. The van der Waals surface area contributed by atoms with Crippen molar-refractivity contribution in [1.82, 2.24) is 19.3 Å². The second-order valence-electron chi connectivity index (χ2n) is 8.67. The number of aliphatic hydroxyl groups excluding tert-OH is 1. The lowest BCUT2D eigenvalue weighted by atomic mass is 9.94. The van der Waals surface area contributed by atoms with Gasteiger partial charge in [0.2, 0.25) is 5.95 Å². The number of halogens is 3. The van der Waals surface area contributed by atoms with Crippen molar-refractivity contribution in [2.45, 2.75) is 19.2 Å². The molecule has 0 aliphatic carbocycles. The first kappa shape index (κ1) is 21.6. The van der Waals surface area contributed by atoms with Crippen LogP contribution in [-0.4, -0.2) is 30.9 Å². The predicted octanol–water partition coefficient (Wildman–Crippen LogP) is 4.60. The normalized spacial score (nSPS) is 15.0. The van der Waals surface area contributed by atoms with Gasteiger partial charge in [-0.25, -0.2) is 23.1 Å². The van der Waals surface area contributed by atoms with E-state index in [0.29, 0.717) is 41.8 Å². The highest BCUT2D eigenvalue weighted by atomic mass is 19.2. The number of hydrogen-bond donors (Lipinski definition) is 2. The number of aromatic nitrogens is 3. The zero-order valence-electron chi connectivity index (χ0n) is 18.4. The Morgan fingerprint density at radius 1 is 0.886 bits per heavy atom. The number of hydrogen-bond acceptors (Lipinski definition) is 5. The van der Waals surface area contributed by atoms with Crippen molar-refractivity contribution >= 4 is 22.5 Å². The zero-order chi connectivity index (χ0) is 24.3. The number of nitrogens with two attached hydrogens (primary N) is 1. The molecule has 1 aliphatic heterocycles. The highest BCUT2D eigenvalue weighted by Crippen LogP contribution is 2.31. The van der Waals surface area contributed by atoms with E-state index >= 15 is 0 Å². The first-order valence-corrected chi connectivity index (χ1v) is 11.1. The third-order valence-corrected chi connectivity index (χ3v) is 6.54. The Morgan fingerprint density at radius 2 is 1.69 bits per heavy atom. The van der Waals surface area contributed by atoms with Crippen LogP contribution in [0.15, 0.2) is 60.8 Å². The van der Waals surface area contributed by atoms with Gasteiger partial charge in [0, 0.05) is 24.7 Å². The fourth-order valence-electron chi connectivity index (χ4n) is 4.69. The number of rotatable bonds is 3.